The molecular weight excluding hydrogens is 246 g/mol. The van der Waals surface area contributed by atoms with Crippen LogP contribution in [0.5, 0.6) is 0 Å². The van der Waals surface area contributed by atoms with Crippen LogP contribution in [0.4, 0.5) is 14.6 Å². The molecule has 0 saturated heterocycles. The van der Waals surface area contributed by atoms with Crippen molar-refractivity contribution in [1.82, 2.24) is 4.98 Å². The van der Waals surface area contributed by atoms with Gasteiger partial charge in [-0.25, -0.2) is 8.78 Å². The zero-order chi connectivity index (χ0) is 12.5. The van der Waals surface area contributed by atoms with Crippen LogP contribution in [0.15, 0.2) is 6.07 Å². The molecule has 1 heterocycles. The molecule has 0 amide bonds. The summed E-state index contributed by atoms with van der Waals surface area (Å²) in [7, 11) is 0. The van der Waals surface area contributed by atoms with Gasteiger partial charge in [-0.3, -0.25) is 4.79 Å². The van der Waals surface area contributed by atoms with Crippen molar-refractivity contribution in [3.8, 4) is 0 Å². The highest BCUT2D eigenvalue weighted by Crippen LogP contribution is 2.27. The molecule has 1 rings (SSSR count). The van der Waals surface area contributed by atoms with Crippen LogP contribution in [0.1, 0.15) is 28.0 Å². The molecule has 0 atom stereocenters. The number of nitro groups is 1. The van der Waals surface area contributed by atoms with Gasteiger partial charge < -0.3 is 10.1 Å². The summed E-state index contributed by atoms with van der Waals surface area (Å²) >= 11 is 5.12. The van der Waals surface area contributed by atoms with E-state index in [1.807, 2.05) is 0 Å². The first kappa shape index (κ1) is 12.4. The SMILES string of the molecule is Cc1cc(C(F)F)nc([N+](=O)[O-])c1C(=O)Cl. The fraction of sp³-hybridized carbons (Fsp3) is 0.250. The minimum absolute atomic E-state index is 0.00278. The van der Waals surface area contributed by atoms with Gasteiger partial charge in [0.2, 0.25) is 5.69 Å². The molecule has 0 N–H and O–H groups in total. The molecule has 1 aromatic rings. The Labute approximate surface area is 93.2 Å². The Bertz CT molecular complexity index is 465. The third-order valence-electron chi connectivity index (χ3n) is 1.81. The lowest BCUT2D eigenvalue weighted by Gasteiger charge is -2.03. The van der Waals surface area contributed by atoms with Gasteiger partial charge in [0.1, 0.15) is 5.56 Å². The summed E-state index contributed by atoms with van der Waals surface area (Å²) in [6.45, 7) is 1.27. The number of aromatic nitrogens is 1. The number of halogens is 3. The molecule has 8 heteroatoms. The molecule has 16 heavy (non-hydrogen) atoms. The van der Waals surface area contributed by atoms with Crippen LogP contribution in [0.25, 0.3) is 0 Å². The second-order valence-corrected chi connectivity index (χ2v) is 3.24. The van der Waals surface area contributed by atoms with E-state index in [1.165, 1.54) is 6.92 Å². The maximum absolute atomic E-state index is 12.3. The Hall–Kier alpha value is -1.63. The van der Waals surface area contributed by atoms with Crippen molar-refractivity contribution in [3.63, 3.8) is 0 Å². The topological polar surface area (TPSA) is 73.1 Å². The largest absolute Gasteiger partial charge is 0.376 e. The summed E-state index contributed by atoms with van der Waals surface area (Å²) in [5, 5.41) is 9.44. The van der Waals surface area contributed by atoms with Crippen LogP contribution in [-0.4, -0.2) is 15.1 Å². The predicted molar refractivity (Wildman–Crippen MR) is 50.8 cm³/mol. The summed E-state index contributed by atoms with van der Waals surface area (Å²) in [5.41, 5.74) is -1.22. The van der Waals surface area contributed by atoms with Gasteiger partial charge in [-0.15, -0.1) is 0 Å². The van der Waals surface area contributed by atoms with Crippen molar-refractivity contribution < 1.29 is 18.5 Å². The molecule has 0 unspecified atom stereocenters. The van der Waals surface area contributed by atoms with Crippen molar-refractivity contribution in [2.75, 3.05) is 0 Å². The van der Waals surface area contributed by atoms with E-state index in [0.29, 0.717) is 0 Å². The predicted octanol–water partition coefficient (Wildman–Crippen LogP) is 2.61. The quantitative estimate of drug-likeness (QED) is 0.469. The maximum Gasteiger partial charge on any atom is 0.376 e. The summed E-state index contributed by atoms with van der Waals surface area (Å²) in [5.74, 6) is -0.949. The van der Waals surface area contributed by atoms with E-state index in [2.05, 4.69) is 4.98 Å². The van der Waals surface area contributed by atoms with Gasteiger partial charge in [0.05, 0.1) is 0 Å². The second-order valence-electron chi connectivity index (χ2n) is 2.89. The Balaban J connectivity index is 3.52. The minimum atomic E-state index is -2.95. The van der Waals surface area contributed by atoms with E-state index in [1.54, 1.807) is 0 Å². The average Bonchev–Trinajstić information content (AvgIpc) is 2.15. The number of aryl methyl sites for hydroxylation is 1. The van der Waals surface area contributed by atoms with Gasteiger partial charge in [0.15, 0.2) is 0 Å². The van der Waals surface area contributed by atoms with E-state index >= 15 is 0 Å². The zero-order valence-electron chi connectivity index (χ0n) is 7.91. The number of carbonyl (C=O) groups excluding carboxylic acids is 1. The number of carbonyl (C=O) groups is 1. The number of nitrogens with zero attached hydrogens (tertiary/aromatic N) is 2. The van der Waals surface area contributed by atoms with Gasteiger partial charge in [-0.2, -0.15) is 0 Å². The molecular formula is C8H5ClF2N2O3. The first-order chi connectivity index (χ1) is 7.34. The zero-order valence-corrected chi connectivity index (χ0v) is 8.66. The minimum Gasteiger partial charge on any atom is -0.358 e. The van der Waals surface area contributed by atoms with Gasteiger partial charge in [0, 0.05) is 0 Å². The summed E-state index contributed by atoms with van der Waals surface area (Å²) < 4.78 is 24.6. The van der Waals surface area contributed by atoms with Crippen molar-refractivity contribution in [3.05, 3.63) is 33.0 Å². The van der Waals surface area contributed by atoms with Crippen LogP contribution in [0, 0.1) is 17.0 Å². The molecule has 5 nitrogen and oxygen atoms in total. The molecule has 0 aliphatic carbocycles. The fourth-order valence-electron chi connectivity index (χ4n) is 1.17. The number of pyridine rings is 1. The first-order valence-corrected chi connectivity index (χ1v) is 4.36. The van der Waals surface area contributed by atoms with Gasteiger partial charge in [-0.05, 0) is 40.1 Å². The lowest BCUT2D eigenvalue weighted by molar-refractivity contribution is -0.390. The normalized spacial score (nSPS) is 10.6. The van der Waals surface area contributed by atoms with Crippen LogP contribution in [0.3, 0.4) is 0 Å². The first-order valence-electron chi connectivity index (χ1n) is 3.98. The number of hydrogen-bond acceptors (Lipinski definition) is 4. The number of hydrogen-bond donors (Lipinski definition) is 0. The molecule has 86 valence electrons. The third-order valence-corrected chi connectivity index (χ3v) is 2.00. The van der Waals surface area contributed by atoms with Crippen LogP contribution in [0.2, 0.25) is 0 Å². The van der Waals surface area contributed by atoms with Crippen molar-refractivity contribution in [2.24, 2.45) is 0 Å². The monoisotopic (exact) mass is 250 g/mol. The van der Waals surface area contributed by atoms with E-state index in [9.17, 15) is 23.7 Å². The summed E-state index contributed by atoms with van der Waals surface area (Å²) in [4.78, 5) is 23.5. The van der Waals surface area contributed by atoms with E-state index in [0.717, 1.165) is 6.07 Å². The van der Waals surface area contributed by atoms with Crippen LogP contribution < -0.4 is 0 Å². The van der Waals surface area contributed by atoms with Crippen molar-refractivity contribution in [2.45, 2.75) is 13.3 Å². The Morgan fingerprint density at radius 2 is 2.19 bits per heavy atom. The number of alkyl halides is 2. The Morgan fingerprint density at radius 1 is 1.62 bits per heavy atom. The molecule has 0 fully saturated rings. The number of rotatable bonds is 3. The molecule has 0 saturated carbocycles. The highest BCUT2D eigenvalue weighted by Gasteiger charge is 2.28. The average molecular weight is 251 g/mol. The molecule has 0 radical (unpaired) electrons. The van der Waals surface area contributed by atoms with Gasteiger partial charge >= 0.3 is 12.2 Å². The summed E-state index contributed by atoms with van der Waals surface area (Å²) in [6, 6.07) is 0.896. The van der Waals surface area contributed by atoms with E-state index in [4.69, 9.17) is 11.6 Å². The van der Waals surface area contributed by atoms with Crippen LogP contribution >= 0.6 is 11.6 Å². The Morgan fingerprint density at radius 3 is 2.56 bits per heavy atom. The van der Waals surface area contributed by atoms with Crippen molar-refractivity contribution >= 4 is 22.7 Å². The molecule has 0 aliphatic heterocycles. The summed E-state index contributed by atoms with van der Waals surface area (Å²) in [6.07, 6.45) is -2.95. The third kappa shape index (κ3) is 2.30. The highest BCUT2D eigenvalue weighted by atomic mass is 35.5. The molecule has 0 bridgehead atoms. The standard InChI is InChI=1S/C8H5ClF2N2O3/c1-3-2-4(7(10)11)12-8(13(15)16)5(3)6(9)14/h2,7H,1H3. The maximum atomic E-state index is 12.3. The van der Waals surface area contributed by atoms with Gasteiger partial charge in [0.25, 0.3) is 5.24 Å². The lowest BCUT2D eigenvalue weighted by Crippen LogP contribution is -2.06. The second kappa shape index (κ2) is 4.48. The van der Waals surface area contributed by atoms with Crippen LogP contribution in [-0.2, 0) is 0 Å². The van der Waals surface area contributed by atoms with E-state index in [-0.39, 0.29) is 5.56 Å². The highest BCUT2D eigenvalue weighted by molar-refractivity contribution is 6.68. The molecule has 0 aliphatic rings. The fourth-order valence-corrected chi connectivity index (χ4v) is 1.40. The molecule has 1 aromatic heterocycles. The lowest BCUT2D eigenvalue weighted by atomic mass is 10.1. The molecule has 0 aromatic carbocycles. The van der Waals surface area contributed by atoms with Crippen molar-refractivity contribution in [1.29, 1.82) is 0 Å². The smallest absolute Gasteiger partial charge is 0.358 e. The van der Waals surface area contributed by atoms with E-state index < -0.39 is 33.7 Å². The van der Waals surface area contributed by atoms with Gasteiger partial charge in [-0.1, -0.05) is 0 Å². The Kier molecular flexibility index (Phi) is 3.48. The molecule has 0 spiro atoms.